The second kappa shape index (κ2) is 34.1. The molecule has 13 N–H and O–H groups in total. The highest BCUT2D eigenvalue weighted by Crippen LogP contribution is 2.37. The normalized spacial score (nSPS) is 19.9. The SMILES string of the molecule is COc1ccc2c(c1)C(=O)N(C[C@@]1(C#Cc3ccc(C)cc3F)NC(=O)NC1=O)C2.COc1ccc2c(c1)C(=O)N(C[C@@]1(C#Cc3ccc4nc(NC5CC5)sc4c3)NC(=O)NC1=O)C2.COc1ccc2c(c1)C(=O)N(C[C@@]1(C#Cc3ccc4sc(N)nc4c3)NC(=O)NC1=O)C2.COc1ccc2c(c1)C(=O)N(C[C@@]1(C#Cc3cccc4nc(N)sc34)NC(=O)NC1=O)C2. The molecule has 1 aliphatic carbocycles. The van der Waals surface area contributed by atoms with Crippen molar-refractivity contribution < 1.29 is 80.9 Å². The number of nitrogens with one attached hydrogen (secondary N) is 9. The number of carbonyl (C=O) groups excluding carboxylic acids is 12. The molecule has 3 aromatic heterocycles. The Morgan fingerprint density at radius 1 is 0.419 bits per heavy atom. The van der Waals surface area contributed by atoms with Gasteiger partial charge in [0.2, 0.25) is 22.2 Å². The first-order valence-electron chi connectivity index (χ1n) is 39.7. The minimum absolute atomic E-state index is 0.0777. The average molecular weight is 1790 g/mol. The van der Waals surface area contributed by atoms with Gasteiger partial charge in [0, 0.05) is 71.2 Å². The maximum Gasteiger partial charge on any atom is 0.323 e. The Hall–Kier alpha value is -16.2. The van der Waals surface area contributed by atoms with E-state index in [2.05, 4.69) is 110 Å². The summed E-state index contributed by atoms with van der Waals surface area (Å²) < 4.78 is 37.7. The van der Waals surface area contributed by atoms with E-state index in [1.165, 1.54) is 95.7 Å². The van der Waals surface area contributed by atoms with Crippen molar-refractivity contribution in [3.8, 4) is 70.4 Å². The summed E-state index contributed by atoms with van der Waals surface area (Å²) in [5.74, 6) is 21.3. The van der Waals surface area contributed by atoms with Crippen LogP contribution in [0.3, 0.4) is 0 Å². The number of aryl methyl sites for hydroxylation is 1. The minimum Gasteiger partial charge on any atom is -0.497 e. The van der Waals surface area contributed by atoms with Crippen LogP contribution in [0.4, 0.5) is 39.0 Å². The predicted octanol–water partition coefficient (Wildman–Crippen LogP) is 7.14. The fourth-order valence-electron chi connectivity index (χ4n) is 15.4. The number of halogens is 1. The molecule has 11 heterocycles. The topological polar surface area (TPSA) is 454 Å². The number of thiazole rings is 3. The van der Waals surface area contributed by atoms with Crippen LogP contribution in [0.5, 0.6) is 23.0 Å². The molecule has 38 heteroatoms. The second-order valence-electron chi connectivity index (χ2n) is 31.0. The van der Waals surface area contributed by atoms with Crippen molar-refractivity contribution in [2.45, 2.75) is 74.1 Å². The van der Waals surface area contributed by atoms with Crippen molar-refractivity contribution in [1.29, 1.82) is 0 Å². The first kappa shape index (κ1) is 85.0. The molecule has 0 bridgehead atoms. The van der Waals surface area contributed by atoms with Gasteiger partial charge in [-0.3, -0.25) is 59.6 Å². The molecule has 1 saturated carbocycles. The van der Waals surface area contributed by atoms with Gasteiger partial charge >= 0.3 is 24.1 Å². The van der Waals surface area contributed by atoms with Crippen molar-refractivity contribution in [3.63, 3.8) is 0 Å². The number of carbonyl (C=O) groups is 12. The molecule has 5 fully saturated rings. The Balaban J connectivity index is 0.000000121. The number of nitrogen functional groups attached to an aromatic ring is 2. The minimum atomic E-state index is -1.68. The molecule has 8 aromatic carbocycles. The molecule has 4 saturated heterocycles. The van der Waals surface area contributed by atoms with Gasteiger partial charge in [-0.15, -0.1) is 0 Å². The van der Waals surface area contributed by atoms with Gasteiger partial charge < -0.3 is 76.6 Å². The van der Waals surface area contributed by atoms with Crippen LogP contribution in [-0.2, 0) is 45.4 Å². The first-order valence-corrected chi connectivity index (χ1v) is 42.2. The Morgan fingerprint density at radius 2 is 0.814 bits per heavy atom. The summed E-state index contributed by atoms with van der Waals surface area (Å²) in [7, 11) is 6.10. The fourth-order valence-corrected chi connectivity index (χ4v) is 17.9. The van der Waals surface area contributed by atoms with E-state index >= 15 is 0 Å². The lowest BCUT2D eigenvalue weighted by atomic mass is 9.99. The smallest absolute Gasteiger partial charge is 0.323 e. The van der Waals surface area contributed by atoms with Crippen molar-refractivity contribution in [2.24, 2.45) is 0 Å². The summed E-state index contributed by atoms with van der Waals surface area (Å²) in [6.07, 6.45) is 2.33. The summed E-state index contributed by atoms with van der Waals surface area (Å²) in [5.41, 5.74) is 15.4. The number of ether oxygens (including phenoxy) is 4. The lowest BCUT2D eigenvalue weighted by molar-refractivity contribution is -0.123. The molecule has 8 aliphatic heterocycles. The molecule has 0 unspecified atom stereocenters. The Labute approximate surface area is 744 Å². The number of hydrogen-bond donors (Lipinski definition) is 11. The predicted molar refractivity (Wildman–Crippen MR) is 472 cm³/mol. The van der Waals surface area contributed by atoms with Crippen molar-refractivity contribution in [2.75, 3.05) is 71.4 Å². The quantitative estimate of drug-likeness (QED) is 0.0380. The third-order valence-electron chi connectivity index (χ3n) is 22.2. The number of hydrogen-bond acceptors (Lipinski definition) is 25. The van der Waals surface area contributed by atoms with Crippen LogP contribution in [-0.4, -0.2) is 189 Å². The molecule has 4 atom stereocenters. The Kier molecular flexibility index (Phi) is 22.5. The molecule has 20 rings (SSSR count). The number of nitrogens with two attached hydrogens (primary N) is 2. The van der Waals surface area contributed by atoms with Gasteiger partial charge in [-0.1, -0.05) is 118 Å². The molecule has 9 aliphatic rings. The molecule has 129 heavy (non-hydrogen) atoms. The van der Waals surface area contributed by atoms with Gasteiger partial charge in [0.25, 0.3) is 47.3 Å². The second-order valence-corrected chi connectivity index (χ2v) is 34.2. The van der Waals surface area contributed by atoms with Gasteiger partial charge in [-0.05, 0) is 157 Å². The molecular weight excluding hydrogens is 1720 g/mol. The number of imide groups is 4. The van der Waals surface area contributed by atoms with Crippen molar-refractivity contribution in [3.05, 3.63) is 224 Å². The number of fused-ring (bicyclic) bond motifs is 7. The Bertz CT molecular complexity index is 7000. The van der Waals surface area contributed by atoms with Crippen LogP contribution >= 0.6 is 34.0 Å². The molecule has 648 valence electrons. The van der Waals surface area contributed by atoms with Crippen LogP contribution in [0.15, 0.2) is 146 Å². The summed E-state index contributed by atoms with van der Waals surface area (Å²) in [5, 5.41) is 24.4. The van der Waals surface area contributed by atoms with Gasteiger partial charge in [-0.2, -0.15) is 0 Å². The zero-order valence-electron chi connectivity index (χ0n) is 68.9. The third kappa shape index (κ3) is 17.2. The molecule has 0 radical (unpaired) electrons. The summed E-state index contributed by atoms with van der Waals surface area (Å²) in [6.45, 7) is 2.45. The number of methoxy groups -OCH3 is 4. The fraction of sp³-hybridized carbons (Fsp3) is 0.220. The standard InChI is InChI=1S/C25H21N5O4S.C22H18FN3O4.2C22H17N5O4S/c1-34-17-6-3-15-12-30(21(31)18(15)11-17)13-25(22(32)28-23(33)29-25)9-8-14-2-7-19-20(10-14)35-24(27-19)26-16-4-5-16;1-13-3-4-14(18(23)9-13)7-8-22(20(28)24-21(29)25-22)12-26-11-15-5-6-16(30-2)10-17(15)19(26)27;1-31-14-4-3-13-10-27(18(28)15(13)9-14)11-22(19(29)25-21(30)26-22)7-6-12-2-5-17-16(8-12)24-20(23)32-17;1-31-14-6-5-13-10-27(18(28)15(13)9-14)11-22(19(29)25-21(30)26-22)8-7-12-3-2-4-16-17(12)32-20(23)24-16/h2-3,6-7,10-11,16H,4-5,12-13H2,1H3,(H,26,27)(H2,28,29,32,33);3-6,9-10H,11-12H2,1-2H3,(H2,24,25,28,29);2-5,8-9H,10-11H2,1H3,(H2,23,24)(H2,25,26,29,30);2-6,9H,10-11H2,1H3,(H2,23,24)(H2,25,26,29,30)/t25-;3*22-/m1111/s1. The van der Waals surface area contributed by atoms with E-state index in [0.717, 1.165) is 52.6 Å². The maximum atomic E-state index is 14.2. The van der Waals surface area contributed by atoms with Crippen LogP contribution in [0.25, 0.3) is 30.6 Å². The number of urea groups is 4. The average Bonchev–Trinajstić information content (AvgIpc) is 1.63. The highest BCUT2D eigenvalue weighted by molar-refractivity contribution is 7.22. The monoisotopic (exact) mass is 1790 g/mol. The number of benzene rings is 8. The lowest BCUT2D eigenvalue weighted by Gasteiger charge is -2.26. The largest absolute Gasteiger partial charge is 0.497 e. The van der Waals surface area contributed by atoms with Gasteiger partial charge in [-0.25, -0.2) is 38.5 Å². The zero-order chi connectivity index (χ0) is 90.5. The number of rotatable bonds is 14. The van der Waals surface area contributed by atoms with Gasteiger partial charge in [0.05, 0.1) is 90.8 Å². The molecule has 34 nitrogen and oxygen atoms in total. The molecule has 11 aromatic rings. The number of nitrogens with zero attached hydrogens (tertiary/aromatic N) is 7. The summed E-state index contributed by atoms with van der Waals surface area (Å²) in [6, 6.07) is 39.8. The zero-order valence-corrected chi connectivity index (χ0v) is 71.4. The first-order chi connectivity index (χ1) is 62.0. The number of anilines is 3. The van der Waals surface area contributed by atoms with Gasteiger partial charge in [0.15, 0.2) is 15.4 Å². The van der Waals surface area contributed by atoms with E-state index in [-0.39, 0.29) is 61.9 Å². The van der Waals surface area contributed by atoms with E-state index in [1.54, 1.807) is 103 Å². The summed E-state index contributed by atoms with van der Waals surface area (Å²) in [4.78, 5) is 170. The van der Waals surface area contributed by atoms with E-state index in [1.807, 2.05) is 48.5 Å². The van der Waals surface area contributed by atoms with Crippen LogP contribution in [0, 0.1) is 60.1 Å². The highest BCUT2D eigenvalue weighted by Gasteiger charge is 2.53. The highest BCUT2D eigenvalue weighted by atomic mass is 32.1. The number of aromatic nitrogens is 3. The third-order valence-corrected chi connectivity index (χ3v) is 24.9. The molecule has 16 amide bonds. The van der Waals surface area contributed by atoms with E-state index < -0.39 is 75.7 Å². The Morgan fingerprint density at radius 3 is 1.22 bits per heavy atom. The van der Waals surface area contributed by atoms with E-state index in [9.17, 15) is 61.9 Å². The van der Waals surface area contributed by atoms with E-state index in [4.69, 9.17) is 30.4 Å². The van der Waals surface area contributed by atoms with Crippen molar-refractivity contribution in [1.82, 2.24) is 77.1 Å². The molecule has 0 spiro atoms. The van der Waals surface area contributed by atoms with Gasteiger partial charge in [0.1, 0.15) is 28.8 Å². The molecular formula is C91H73FN18O16S3. The van der Waals surface area contributed by atoms with Crippen molar-refractivity contribution >= 4 is 151 Å². The van der Waals surface area contributed by atoms with E-state index in [0.29, 0.717) is 109 Å². The maximum absolute atomic E-state index is 14.2. The van der Waals surface area contributed by atoms with Crippen LogP contribution < -0.4 is 78.3 Å². The lowest BCUT2D eigenvalue weighted by Crippen LogP contribution is -2.54. The van der Waals surface area contributed by atoms with Crippen LogP contribution in [0.1, 0.15) is 104 Å². The number of amides is 16. The summed E-state index contributed by atoms with van der Waals surface area (Å²) >= 11 is 4.21. The van der Waals surface area contributed by atoms with Crippen LogP contribution in [0.2, 0.25) is 0 Å².